The largest absolute Gasteiger partial charge is 0 e. The van der Waals surface area contributed by atoms with Crippen LogP contribution < -0.4 is 0 Å². The molecular formula is C16H11BrCrO4. The Hall–Kier alpha value is -1.37. The predicted octanol–water partition coefficient (Wildman–Crippen LogP) is 3.42. The summed E-state index contributed by atoms with van der Waals surface area (Å²) in [6, 6.07) is 17.3. The van der Waals surface area contributed by atoms with Crippen LogP contribution in [0.5, 0.6) is 0 Å². The van der Waals surface area contributed by atoms with Crippen LogP contribution in [0, 0.1) is 20.0 Å². The molecule has 0 aromatic heterocycles. The molecule has 0 radical (unpaired) electrons. The molecule has 0 spiro atoms. The van der Waals surface area contributed by atoms with Crippen LogP contribution in [0.15, 0.2) is 59.1 Å². The van der Waals surface area contributed by atoms with E-state index < -0.39 is 6.10 Å². The van der Waals surface area contributed by atoms with Gasteiger partial charge in [-0.3, -0.25) is 0 Å². The van der Waals surface area contributed by atoms with E-state index in [0.29, 0.717) is 0 Å². The van der Waals surface area contributed by atoms with E-state index in [1.54, 1.807) is 0 Å². The number of aliphatic hydroxyl groups is 1. The van der Waals surface area contributed by atoms with E-state index in [1.807, 2.05) is 54.6 Å². The maximum atomic E-state index is 10.1. The molecule has 0 heterocycles. The fraction of sp³-hybridized carbons (Fsp3) is 0.0625. The zero-order chi connectivity index (χ0) is 16.7. The molecule has 0 fully saturated rings. The van der Waals surface area contributed by atoms with Crippen molar-refractivity contribution in [1.29, 1.82) is 0 Å². The van der Waals surface area contributed by atoms with Crippen molar-refractivity contribution in [3.05, 3.63) is 90.1 Å². The number of rotatable bonds is 2. The average molecular weight is 399 g/mol. The quantitative estimate of drug-likeness (QED) is 0.610. The molecular weight excluding hydrogens is 388 g/mol. The molecule has 0 saturated carbocycles. The average Bonchev–Trinajstić information content (AvgIpc) is 2.61. The summed E-state index contributed by atoms with van der Waals surface area (Å²) in [5, 5.41) is 10.1. The molecule has 2 rings (SSSR count). The second-order valence-corrected chi connectivity index (χ2v) is 4.28. The third-order valence-electron chi connectivity index (χ3n) is 2.30. The third-order valence-corrected chi connectivity index (χ3v) is 2.83. The Morgan fingerprint density at radius 1 is 0.727 bits per heavy atom. The Morgan fingerprint density at radius 2 is 1.09 bits per heavy atom. The Bertz CT molecular complexity index is 536. The van der Waals surface area contributed by atoms with Gasteiger partial charge in [0.05, 0.1) is 0 Å². The number of benzene rings is 2. The molecule has 6 heteroatoms. The van der Waals surface area contributed by atoms with Gasteiger partial charge in [-0.1, -0.05) is 58.4 Å². The van der Waals surface area contributed by atoms with Crippen molar-refractivity contribution in [1.82, 2.24) is 0 Å². The summed E-state index contributed by atoms with van der Waals surface area (Å²) < 4.78 is 23.5. The van der Waals surface area contributed by atoms with E-state index in [4.69, 9.17) is 14.0 Å². The minimum Gasteiger partial charge on any atom is 0 e. The molecule has 0 aliphatic rings. The van der Waals surface area contributed by atoms with Crippen LogP contribution in [0.1, 0.15) is 17.2 Å². The first kappa shape index (κ1) is 25.6. The van der Waals surface area contributed by atoms with Gasteiger partial charge in [0.25, 0.3) is 0 Å². The van der Waals surface area contributed by atoms with Crippen LogP contribution in [0.3, 0.4) is 0 Å². The molecule has 2 aromatic rings. The smallest absolute Gasteiger partial charge is 0 e. The zero-order valence-corrected chi connectivity index (χ0v) is 14.1. The van der Waals surface area contributed by atoms with Crippen molar-refractivity contribution in [3.8, 4) is 0 Å². The third kappa shape index (κ3) is 9.55. The predicted molar refractivity (Wildman–Crippen MR) is 76.4 cm³/mol. The normalized spacial score (nSPS) is 8.73. The van der Waals surface area contributed by atoms with E-state index in [2.05, 4.69) is 35.9 Å². The summed E-state index contributed by atoms with van der Waals surface area (Å²) >= 11 is 3.37. The van der Waals surface area contributed by atoms with Gasteiger partial charge in [-0.2, -0.15) is 0 Å². The van der Waals surface area contributed by atoms with Crippen molar-refractivity contribution in [2.75, 3.05) is 0 Å². The fourth-order valence-electron chi connectivity index (χ4n) is 1.47. The molecule has 22 heavy (non-hydrogen) atoms. The number of hydrogen-bond acceptors (Lipinski definition) is 1. The first-order chi connectivity index (χ1) is 10.3. The Labute approximate surface area is 148 Å². The van der Waals surface area contributed by atoms with Gasteiger partial charge in [0.2, 0.25) is 0 Å². The van der Waals surface area contributed by atoms with Gasteiger partial charge >= 0.3 is 33.9 Å². The first-order valence-electron chi connectivity index (χ1n) is 5.37. The molecule has 0 aliphatic heterocycles. The summed E-state index contributed by atoms with van der Waals surface area (Å²) in [5.41, 5.74) is 1.82. The fourth-order valence-corrected chi connectivity index (χ4v) is 1.74. The molecule has 112 valence electrons. The standard InChI is InChI=1S/C13H11BrO.3CO.Cr/c14-12-8-6-11(7-9-12)13(15)10-4-2-1-3-5-10;3*1-2;/h1-9,13,15H;;;;/t13-;;;;/m0..../s1. The topological polar surface area (TPSA) is 79.9 Å². The summed E-state index contributed by atoms with van der Waals surface area (Å²) in [4.78, 5) is 0. The molecule has 0 aliphatic carbocycles. The van der Waals surface area contributed by atoms with Crippen LogP contribution in [0.25, 0.3) is 0 Å². The minimum absolute atomic E-state index is 0. The second kappa shape index (κ2) is 17.7. The van der Waals surface area contributed by atoms with Crippen molar-refractivity contribution in [2.24, 2.45) is 0 Å². The van der Waals surface area contributed by atoms with E-state index in [9.17, 15) is 5.11 Å². The number of halogens is 1. The number of hydrogen-bond donors (Lipinski definition) is 1. The Morgan fingerprint density at radius 3 is 1.50 bits per heavy atom. The van der Waals surface area contributed by atoms with E-state index in [1.165, 1.54) is 0 Å². The monoisotopic (exact) mass is 398 g/mol. The van der Waals surface area contributed by atoms with Crippen molar-refractivity contribution >= 4 is 15.9 Å². The van der Waals surface area contributed by atoms with Crippen LogP contribution >= 0.6 is 15.9 Å². The van der Waals surface area contributed by atoms with E-state index >= 15 is 0 Å². The van der Waals surface area contributed by atoms with Crippen LogP contribution in [0.2, 0.25) is 0 Å². The Balaban J connectivity index is -0.000000463. The zero-order valence-electron chi connectivity index (χ0n) is 11.2. The van der Waals surface area contributed by atoms with Gasteiger partial charge in [-0.25, -0.2) is 0 Å². The van der Waals surface area contributed by atoms with Gasteiger partial charge in [0, 0.05) is 21.8 Å². The molecule has 2 aromatic carbocycles. The summed E-state index contributed by atoms with van der Waals surface area (Å²) in [6.45, 7) is 13.5. The summed E-state index contributed by atoms with van der Waals surface area (Å²) in [5.74, 6) is 0. The minimum atomic E-state index is -0.542. The van der Waals surface area contributed by atoms with Gasteiger partial charge < -0.3 is 5.11 Å². The van der Waals surface area contributed by atoms with Crippen molar-refractivity contribution in [3.63, 3.8) is 0 Å². The maximum absolute atomic E-state index is 10.1. The molecule has 0 bridgehead atoms. The maximum Gasteiger partial charge on any atom is 0 e. The SMILES string of the molecule is O[C@@H](c1ccccc1)c1ccc(Br)cc1.[C-]#[O+].[C-]#[O+].[C-]#[O+].[Cr]. The second-order valence-electron chi connectivity index (χ2n) is 3.36. The molecule has 0 saturated heterocycles. The van der Waals surface area contributed by atoms with Gasteiger partial charge in [-0.05, 0) is 23.3 Å². The molecule has 4 nitrogen and oxygen atoms in total. The molecule has 1 N–H and O–H groups in total. The van der Waals surface area contributed by atoms with Crippen molar-refractivity contribution < 1.29 is 36.4 Å². The van der Waals surface area contributed by atoms with Crippen LogP contribution in [-0.4, -0.2) is 5.11 Å². The number of aliphatic hydroxyl groups excluding tert-OH is 1. The van der Waals surface area contributed by atoms with Crippen molar-refractivity contribution in [2.45, 2.75) is 6.10 Å². The summed E-state index contributed by atoms with van der Waals surface area (Å²) in [7, 11) is 0. The molecule has 1 atom stereocenters. The van der Waals surface area contributed by atoms with Gasteiger partial charge in [0.15, 0.2) is 0 Å². The van der Waals surface area contributed by atoms with E-state index in [-0.39, 0.29) is 17.4 Å². The van der Waals surface area contributed by atoms with Gasteiger partial charge in [-0.15, -0.1) is 0 Å². The van der Waals surface area contributed by atoms with Gasteiger partial charge in [0.1, 0.15) is 6.10 Å². The Kier molecular flexibility index (Phi) is 20.6. The van der Waals surface area contributed by atoms with Crippen LogP contribution in [0.4, 0.5) is 0 Å². The molecule has 0 amide bonds. The van der Waals surface area contributed by atoms with Crippen LogP contribution in [-0.2, 0) is 31.3 Å². The van der Waals surface area contributed by atoms with E-state index in [0.717, 1.165) is 15.6 Å². The summed E-state index contributed by atoms with van der Waals surface area (Å²) in [6.07, 6.45) is -0.542. The molecule has 0 unspecified atom stereocenters. The first-order valence-corrected chi connectivity index (χ1v) is 6.16.